The lowest BCUT2D eigenvalue weighted by Crippen LogP contribution is -2.02. The standard InChI is InChI=1S/C11H10ClNO2/c1-15-9-2-3-10-8(6-9)4-5-13(10)7-11(12)14/h2-6H,7H2,1H3. The molecule has 2 rings (SSSR count). The minimum absolute atomic E-state index is 0.192. The van der Waals surface area contributed by atoms with E-state index in [0.29, 0.717) is 0 Å². The molecule has 2 aromatic rings. The molecule has 1 aromatic heterocycles. The summed E-state index contributed by atoms with van der Waals surface area (Å²) < 4.78 is 6.92. The third-order valence-corrected chi connectivity index (χ3v) is 2.39. The van der Waals surface area contributed by atoms with Gasteiger partial charge < -0.3 is 9.30 Å². The Kier molecular flexibility index (Phi) is 2.64. The fourth-order valence-corrected chi connectivity index (χ4v) is 1.71. The van der Waals surface area contributed by atoms with Gasteiger partial charge in [-0.25, -0.2) is 0 Å². The smallest absolute Gasteiger partial charge is 0.241 e. The van der Waals surface area contributed by atoms with Gasteiger partial charge in [-0.15, -0.1) is 0 Å². The summed E-state index contributed by atoms with van der Waals surface area (Å²) in [6.45, 7) is 0.192. The van der Waals surface area contributed by atoms with Gasteiger partial charge in [-0.1, -0.05) is 0 Å². The largest absolute Gasteiger partial charge is 0.497 e. The Hall–Kier alpha value is -1.48. The van der Waals surface area contributed by atoms with E-state index in [1.54, 1.807) is 7.11 Å². The SMILES string of the molecule is COc1ccc2c(ccn2CC(=O)Cl)c1. The highest BCUT2D eigenvalue weighted by molar-refractivity contribution is 6.63. The molecule has 0 radical (unpaired) electrons. The topological polar surface area (TPSA) is 31.2 Å². The Morgan fingerprint density at radius 2 is 2.27 bits per heavy atom. The summed E-state index contributed by atoms with van der Waals surface area (Å²) in [4.78, 5) is 10.8. The molecule has 4 heteroatoms. The number of benzene rings is 1. The molecule has 1 heterocycles. The third kappa shape index (κ3) is 1.97. The van der Waals surface area contributed by atoms with E-state index in [4.69, 9.17) is 16.3 Å². The highest BCUT2D eigenvalue weighted by Gasteiger charge is 2.04. The first-order chi connectivity index (χ1) is 7.20. The van der Waals surface area contributed by atoms with Crippen molar-refractivity contribution >= 4 is 27.7 Å². The van der Waals surface area contributed by atoms with Gasteiger partial charge in [-0.2, -0.15) is 0 Å². The number of ether oxygens (including phenoxy) is 1. The van der Waals surface area contributed by atoms with Crippen molar-refractivity contribution in [2.45, 2.75) is 6.54 Å². The average molecular weight is 224 g/mol. The summed E-state index contributed by atoms with van der Waals surface area (Å²) in [6.07, 6.45) is 1.84. The molecule has 0 saturated heterocycles. The summed E-state index contributed by atoms with van der Waals surface area (Å²) in [5.41, 5.74) is 0.977. The van der Waals surface area contributed by atoms with E-state index in [1.807, 2.05) is 35.0 Å². The number of carbonyl (C=O) groups is 1. The maximum atomic E-state index is 10.8. The number of carbonyl (C=O) groups excluding carboxylic acids is 1. The minimum atomic E-state index is -0.372. The Labute approximate surface area is 92.2 Å². The van der Waals surface area contributed by atoms with Gasteiger partial charge in [-0.3, -0.25) is 4.79 Å². The second-order valence-corrected chi connectivity index (χ2v) is 3.65. The zero-order chi connectivity index (χ0) is 10.8. The van der Waals surface area contributed by atoms with Crippen molar-refractivity contribution in [1.82, 2.24) is 4.57 Å². The van der Waals surface area contributed by atoms with Crippen molar-refractivity contribution in [3.63, 3.8) is 0 Å². The van der Waals surface area contributed by atoms with Crippen LogP contribution in [0, 0.1) is 0 Å². The number of halogens is 1. The van der Waals surface area contributed by atoms with Crippen LogP contribution in [0.2, 0.25) is 0 Å². The van der Waals surface area contributed by atoms with E-state index in [9.17, 15) is 4.79 Å². The molecule has 0 aliphatic heterocycles. The summed E-state index contributed by atoms with van der Waals surface area (Å²) in [5.74, 6) is 0.803. The van der Waals surface area contributed by atoms with Crippen molar-refractivity contribution in [2.75, 3.05) is 7.11 Å². The van der Waals surface area contributed by atoms with Gasteiger partial charge in [0.25, 0.3) is 0 Å². The summed E-state index contributed by atoms with van der Waals surface area (Å²) in [7, 11) is 1.63. The van der Waals surface area contributed by atoms with Crippen LogP contribution in [0.1, 0.15) is 0 Å². The lowest BCUT2D eigenvalue weighted by atomic mass is 10.2. The van der Waals surface area contributed by atoms with E-state index >= 15 is 0 Å². The molecule has 0 bridgehead atoms. The number of nitrogens with zero attached hydrogens (tertiary/aromatic N) is 1. The highest BCUT2D eigenvalue weighted by Crippen LogP contribution is 2.21. The molecule has 3 nitrogen and oxygen atoms in total. The van der Waals surface area contributed by atoms with Crippen LogP contribution in [0.5, 0.6) is 5.75 Å². The lowest BCUT2D eigenvalue weighted by Gasteiger charge is -2.02. The highest BCUT2D eigenvalue weighted by atomic mass is 35.5. The van der Waals surface area contributed by atoms with E-state index in [-0.39, 0.29) is 11.8 Å². The Morgan fingerprint density at radius 1 is 1.47 bits per heavy atom. The number of methoxy groups -OCH3 is 1. The summed E-state index contributed by atoms with van der Waals surface area (Å²) in [6, 6.07) is 7.62. The first kappa shape index (κ1) is 10.1. The molecule has 0 aliphatic carbocycles. The van der Waals surface area contributed by atoms with Gasteiger partial charge in [0, 0.05) is 17.1 Å². The molecule has 0 N–H and O–H groups in total. The van der Waals surface area contributed by atoms with Crippen LogP contribution in [0.3, 0.4) is 0 Å². The molecule has 0 unspecified atom stereocenters. The number of rotatable bonds is 3. The molecule has 0 saturated carbocycles. The Balaban J connectivity index is 2.47. The van der Waals surface area contributed by atoms with Gasteiger partial charge >= 0.3 is 0 Å². The number of fused-ring (bicyclic) bond motifs is 1. The fourth-order valence-electron chi connectivity index (χ4n) is 1.58. The number of hydrogen-bond acceptors (Lipinski definition) is 2. The van der Waals surface area contributed by atoms with Crippen LogP contribution >= 0.6 is 11.6 Å². The minimum Gasteiger partial charge on any atom is -0.497 e. The molecule has 15 heavy (non-hydrogen) atoms. The maximum Gasteiger partial charge on any atom is 0.241 e. The average Bonchev–Trinajstić information content (AvgIpc) is 2.60. The number of hydrogen-bond donors (Lipinski definition) is 0. The Morgan fingerprint density at radius 3 is 2.93 bits per heavy atom. The van der Waals surface area contributed by atoms with E-state index in [0.717, 1.165) is 16.7 Å². The molecule has 0 amide bonds. The molecule has 0 fully saturated rings. The van der Waals surface area contributed by atoms with Crippen molar-refractivity contribution in [3.05, 3.63) is 30.5 Å². The fraction of sp³-hybridized carbons (Fsp3) is 0.182. The van der Waals surface area contributed by atoms with E-state index in [2.05, 4.69) is 0 Å². The monoisotopic (exact) mass is 223 g/mol. The van der Waals surface area contributed by atoms with Crippen LogP contribution in [-0.4, -0.2) is 16.9 Å². The predicted molar refractivity (Wildman–Crippen MR) is 59.4 cm³/mol. The first-order valence-electron chi connectivity index (χ1n) is 4.52. The second-order valence-electron chi connectivity index (χ2n) is 3.22. The molecule has 0 spiro atoms. The van der Waals surface area contributed by atoms with E-state index in [1.165, 1.54) is 0 Å². The molecule has 1 aromatic carbocycles. The zero-order valence-corrected chi connectivity index (χ0v) is 8.99. The van der Waals surface area contributed by atoms with Crippen LogP contribution < -0.4 is 4.74 Å². The van der Waals surface area contributed by atoms with Gasteiger partial charge in [0.05, 0.1) is 13.7 Å². The van der Waals surface area contributed by atoms with Crippen molar-refractivity contribution in [3.8, 4) is 5.75 Å². The van der Waals surface area contributed by atoms with Gasteiger partial charge in [0.1, 0.15) is 5.75 Å². The zero-order valence-electron chi connectivity index (χ0n) is 8.24. The van der Waals surface area contributed by atoms with Crippen molar-refractivity contribution in [1.29, 1.82) is 0 Å². The molecule has 0 aliphatic rings. The second kappa shape index (κ2) is 3.95. The summed E-state index contributed by atoms with van der Waals surface area (Å²) in [5, 5.41) is 0.663. The van der Waals surface area contributed by atoms with Crippen LogP contribution in [-0.2, 0) is 11.3 Å². The Bertz CT molecular complexity index is 504. The van der Waals surface area contributed by atoms with Crippen LogP contribution in [0.4, 0.5) is 0 Å². The predicted octanol–water partition coefficient (Wildman–Crippen LogP) is 2.42. The van der Waals surface area contributed by atoms with Gasteiger partial charge in [0.2, 0.25) is 5.24 Å². The maximum absolute atomic E-state index is 10.8. The lowest BCUT2D eigenvalue weighted by molar-refractivity contribution is -0.112. The normalized spacial score (nSPS) is 10.5. The molecular formula is C11H10ClNO2. The van der Waals surface area contributed by atoms with Gasteiger partial charge in [-0.05, 0) is 35.9 Å². The first-order valence-corrected chi connectivity index (χ1v) is 4.90. The van der Waals surface area contributed by atoms with E-state index < -0.39 is 0 Å². The van der Waals surface area contributed by atoms with Crippen LogP contribution in [0.25, 0.3) is 10.9 Å². The van der Waals surface area contributed by atoms with Crippen LogP contribution in [0.15, 0.2) is 30.5 Å². The number of aromatic nitrogens is 1. The summed E-state index contributed by atoms with van der Waals surface area (Å²) >= 11 is 5.34. The van der Waals surface area contributed by atoms with Crippen molar-refractivity contribution in [2.24, 2.45) is 0 Å². The third-order valence-electron chi connectivity index (χ3n) is 2.27. The quantitative estimate of drug-likeness (QED) is 0.749. The van der Waals surface area contributed by atoms with Gasteiger partial charge in [0.15, 0.2) is 0 Å². The van der Waals surface area contributed by atoms with Crippen molar-refractivity contribution < 1.29 is 9.53 Å². The molecule has 78 valence electrons. The molecular weight excluding hydrogens is 214 g/mol. The molecule has 0 atom stereocenters.